The molecular weight excluding hydrogens is 551 g/mol. The fourth-order valence-electron chi connectivity index (χ4n) is 4.32. The van der Waals surface area contributed by atoms with Crippen LogP contribution in [-0.2, 0) is 14.8 Å². The summed E-state index contributed by atoms with van der Waals surface area (Å²) in [6.07, 6.45) is 0. The number of hydrogen-bond donors (Lipinski definition) is 2. The number of nitrogens with one attached hydrogen (secondary N) is 2. The summed E-state index contributed by atoms with van der Waals surface area (Å²) in [5.41, 5.74) is 3.90. The summed E-state index contributed by atoms with van der Waals surface area (Å²) in [5.74, 6) is -0.118. The van der Waals surface area contributed by atoms with Crippen LogP contribution in [0.5, 0.6) is 0 Å². The van der Waals surface area contributed by atoms with E-state index >= 15 is 0 Å². The number of rotatable bonds is 6. The quantitative estimate of drug-likeness (QED) is 0.362. The van der Waals surface area contributed by atoms with Gasteiger partial charge in [0, 0.05) is 16.3 Å². The van der Waals surface area contributed by atoms with Gasteiger partial charge in [0.2, 0.25) is 10.0 Å². The van der Waals surface area contributed by atoms with Gasteiger partial charge < -0.3 is 10.2 Å². The lowest BCUT2D eigenvalue weighted by atomic mass is 10.2. The Morgan fingerprint density at radius 2 is 1.78 bits per heavy atom. The summed E-state index contributed by atoms with van der Waals surface area (Å²) in [7, 11) is -3.75. The molecule has 1 fully saturated rings. The Balaban J connectivity index is 1.16. The lowest BCUT2D eigenvalue weighted by Gasteiger charge is -2.31. The van der Waals surface area contributed by atoms with E-state index in [-0.39, 0.29) is 22.4 Å². The van der Waals surface area contributed by atoms with Gasteiger partial charge in [0.25, 0.3) is 5.91 Å². The number of benzene rings is 3. The Morgan fingerprint density at radius 1 is 1.05 bits per heavy atom. The number of carbonyl (C=O) groups excluding carboxylic acids is 1. The van der Waals surface area contributed by atoms with E-state index in [0.29, 0.717) is 36.9 Å². The fraction of sp³-hybridized carbons (Fsp3) is 0.231. The van der Waals surface area contributed by atoms with E-state index in [2.05, 4.69) is 24.4 Å². The molecule has 0 radical (unpaired) electrons. The molecule has 2 N–H and O–H groups in total. The maximum absolute atomic E-state index is 13.0. The van der Waals surface area contributed by atoms with Crippen molar-refractivity contribution in [2.75, 3.05) is 38.0 Å². The van der Waals surface area contributed by atoms with Crippen LogP contribution in [0, 0.1) is 6.92 Å². The van der Waals surface area contributed by atoms with Crippen LogP contribution in [-0.4, -0.2) is 56.3 Å². The van der Waals surface area contributed by atoms with Crippen LogP contribution < -0.4 is 10.2 Å². The molecule has 37 heavy (non-hydrogen) atoms. The predicted molar refractivity (Wildman–Crippen MR) is 149 cm³/mol. The minimum Gasteiger partial charge on any atom is -0.325 e. The Bertz CT molecular complexity index is 1560. The van der Waals surface area contributed by atoms with Gasteiger partial charge >= 0.3 is 0 Å². The number of aryl methyl sites for hydroxylation is 1. The smallest absolute Gasteiger partial charge is 0.279 e. The number of sulfonamides is 1. The van der Waals surface area contributed by atoms with E-state index in [9.17, 15) is 13.2 Å². The molecule has 1 aliphatic rings. The van der Waals surface area contributed by atoms with Crippen molar-refractivity contribution in [2.24, 2.45) is 0 Å². The van der Waals surface area contributed by atoms with Crippen molar-refractivity contribution in [1.82, 2.24) is 9.29 Å². The van der Waals surface area contributed by atoms with Crippen LogP contribution in [0.1, 0.15) is 5.56 Å². The molecule has 7 nitrogen and oxygen atoms in total. The van der Waals surface area contributed by atoms with E-state index < -0.39 is 10.0 Å². The van der Waals surface area contributed by atoms with Gasteiger partial charge in [-0.3, -0.25) is 4.79 Å². The highest BCUT2D eigenvalue weighted by Gasteiger charge is 2.32. The van der Waals surface area contributed by atoms with Crippen LogP contribution in [0.4, 0.5) is 5.69 Å². The highest BCUT2D eigenvalue weighted by molar-refractivity contribution is 7.89. The first-order valence-electron chi connectivity index (χ1n) is 11.8. The lowest BCUT2D eigenvalue weighted by molar-refractivity contribution is -0.895. The third-order valence-electron chi connectivity index (χ3n) is 6.31. The van der Waals surface area contributed by atoms with E-state index in [0.717, 1.165) is 25.7 Å². The average Bonchev–Trinajstić information content (AvgIpc) is 3.29. The summed E-state index contributed by atoms with van der Waals surface area (Å²) in [4.78, 5) is 18.4. The van der Waals surface area contributed by atoms with Gasteiger partial charge in [0.1, 0.15) is 9.90 Å². The second-order valence-electron chi connectivity index (χ2n) is 9.02. The van der Waals surface area contributed by atoms with Crippen molar-refractivity contribution in [3.8, 4) is 10.6 Å². The molecule has 0 atom stereocenters. The van der Waals surface area contributed by atoms with Gasteiger partial charge in [-0.25, -0.2) is 13.4 Å². The van der Waals surface area contributed by atoms with E-state index in [1.807, 2.05) is 30.3 Å². The molecule has 1 saturated heterocycles. The van der Waals surface area contributed by atoms with E-state index in [1.165, 1.54) is 22.0 Å². The second-order valence-corrected chi connectivity index (χ2v) is 12.8. The Kier molecular flexibility index (Phi) is 7.53. The average molecular weight is 577 g/mol. The number of fused-ring (bicyclic) bond motifs is 1. The number of amides is 1. The number of nitrogens with zero attached hydrogens (tertiary/aromatic N) is 2. The van der Waals surface area contributed by atoms with Gasteiger partial charge in [-0.05, 0) is 67.1 Å². The molecule has 1 amide bonds. The Morgan fingerprint density at radius 3 is 2.51 bits per heavy atom. The molecule has 1 aliphatic heterocycles. The van der Waals surface area contributed by atoms with Crippen LogP contribution in [0.3, 0.4) is 0 Å². The van der Waals surface area contributed by atoms with Crippen molar-refractivity contribution < 1.29 is 18.1 Å². The number of piperazine rings is 1. The molecule has 0 saturated carbocycles. The van der Waals surface area contributed by atoms with Gasteiger partial charge in [-0.2, -0.15) is 4.31 Å². The van der Waals surface area contributed by atoms with Crippen LogP contribution >= 0.6 is 34.5 Å². The van der Waals surface area contributed by atoms with Crippen molar-refractivity contribution in [3.63, 3.8) is 0 Å². The first-order valence-corrected chi connectivity index (χ1v) is 14.8. The minimum atomic E-state index is -3.75. The van der Waals surface area contributed by atoms with E-state index in [4.69, 9.17) is 28.2 Å². The van der Waals surface area contributed by atoms with Crippen molar-refractivity contribution in [3.05, 3.63) is 76.3 Å². The van der Waals surface area contributed by atoms with Crippen LogP contribution in [0.15, 0.2) is 65.6 Å². The molecule has 3 aromatic carbocycles. The van der Waals surface area contributed by atoms with E-state index in [1.54, 1.807) is 17.4 Å². The van der Waals surface area contributed by atoms with Gasteiger partial charge in [-0.1, -0.05) is 29.3 Å². The number of halogens is 2. The molecule has 0 bridgehead atoms. The number of hydrogen-bond acceptors (Lipinski definition) is 5. The number of quaternary nitrogens is 1. The number of anilines is 1. The number of aromatic nitrogens is 1. The zero-order valence-corrected chi connectivity index (χ0v) is 23.1. The summed E-state index contributed by atoms with van der Waals surface area (Å²) in [5, 5.41) is 4.34. The normalized spacial score (nSPS) is 15.2. The lowest BCUT2D eigenvalue weighted by Crippen LogP contribution is -3.15. The third-order valence-corrected chi connectivity index (χ3v) is 9.99. The zero-order chi connectivity index (χ0) is 26.2. The van der Waals surface area contributed by atoms with Crippen molar-refractivity contribution in [1.29, 1.82) is 0 Å². The fourth-order valence-corrected chi connectivity index (χ4v) is 7.57. The maximum atomic E-state index is 13.0. The minimum absolute atomic E-state index is 0.00673. The Labute approximate surface area is 229 Å². The summed E-state index contributed by atoms with van der Waals surface area (Å²) in [6, 6.07) is 18.3. The molecule has 2 heterocycles. The van der Waals surface area contributed by atoms with Gasteiger partial charge in [0.05, 0.1) is 41.4 Å². The molecule has 11 heteroatoms. The largest absolute Gasteiger partial charge is 0.325 e. The molecule has 0 aliphatic carbocycles. The van der Waals surface area contributed by atoms with Crippen molar-refractivity contribution >= 4 is 66.4 Å². The predicted octanol–water partition coefficient (Wildman–Crippen LogP) is 4.11. The maximum Gasteiger partial charge on any atom is 0.279 e. The Hall–Kier alpha value is -2.53. The second kappa shape index (κ2) is 10.7. The summed E-state index contributed by atoms with van der Waals surface area (Å²) < 4.78 is 28.6. The molecular formula is C26H25Cl2N4O3S2+. The first kappa shape index (κ1) is 26.1. The molecule has 4 aromatic rings. The highest BCUT2D eigenvalue weighted by Crippen LogP contribution is 2.31. The molecule has 1 aromatic heterocycles. The SMILES string of the molecule is Cc1ccc2nc(-c3ccc(NC(=O)C[NH+]4CCN(S(=O)(=O)c5cc(Cl)ccc5Cl)CC4)cc3)sc2c1. The van der Waals surface area contributed by atoms with Crippen LogP contribution in [0.25, 0.3) is 20.8 Å². The highest BCUT2D eigenvalue weighted by atomic mass is 35.5. The zero-order valence-electron chi connectivity index (χ0n) is 20.0. The summed E-state index contributed by atoms with van der Waals surface area (Å²) >= 11 is 13.7. The molecule has 0 unspecified atom stereocenters. The first-order chi connectivity index (χ1) is 17.7. The third kappa shape index (κ3) is 5.82. The standard InChI is InChI=1S/C26H24Cl2N4O3S2/c1-17-2-9-22-23(14-17)36-26(30-22)18-3-6-20(7-4-18)29-25(33)16-31-10-12-32(13-11-31)37(34,35)24-15-19(27)5-8-21(24)28/h2-9,14-15H,10-13,16H2,1H3,(H,29,33)/p+1. The number of thiazole rings is 1. The molecule has 5 rings (SSSR count). The van der Waals surface area contributed by atoms with Crippen LogP contribution in [0.2, 0.25) is 10.0 Å². The topological polar surface area (TPSA) is 83.8 Å². The number of carbonyl (C=O) groups is 1. The van der Waals surface area contributed by atoms with Crippen molar-refractivity contribution in [2.45, 2.75) is 11.8 Å². The van der Waals surface area contributed by atoms with Gasteiger partial charge in [-0.15, -0.1) is 11.3 Å². The molecule has 192 valence electrons. The monoisotopic (exact) mass is 575 g/mol. The van der Waals surface area contributed by atoms with Gasteiger partial charge in [0.15, 0.2) is 6.54 Å². The summed E-state index contributed by atoms with van der Waals surface area (Å²) in [6.45, 7) is 3.94. The molecule has 0 spiro atoms.